The van der Waals surface area contributed by atoms with Crippen LogP contribution in [0.5, 0.6) is 0 Å². The van der Waals surface area contributed by atoms with Crippen molar-refractivity contribution in [1.82, 2.24) is 9.88 Å². The molecule has 1 N–H and O–H groups in total. The molecule has 0 atom stereocenters. The number of hydrogen-bond acceptors (Lipinski definition) is 5. The second kappa shape index (κ2) is 8.39. The van der Waals surface area contributed by atoms with E-state index in [0.717, 1.165) is 18.8 Å². The Hall–Kier alpha value is -2.61. The number of carbonyl (C=O) groups excluding carboxylic acids is 1. The van der Waals surface area contributed by atoms with Gasteiger partial charge >= 0.3 is 0 Å². The normalized spacial score (nSPS) is 14.9. The summed E-state index contributed by atoms with van der Waals surface area (Å²) in [5.41, 5.74) is 2.01. The van der Waals surface area contributed by atoms with Gasteiger partial charge in [0.1, 0.15) is 0 Å². The Morgan fingerprint density at radius 2 is 1.81 bits per heavy atom. The van der Waals surface area contributed by atoms with Crippen LogP contribution in [0, 0.1) is 0 Å². The summed E-state index contributed by atoms with van der Waals surface area (Å²) in [4.78, 5) is 20.9. The lowest BCUT2D eigenvalue weighted by molar-refractivity contribution is 0.0747. The van der Waals surface area contributed by atoms with Crippen LogP contribution in [0.4, 0.5) is 11.4 Å². The number of piperazine rings is 1. The zero-order valence-corrected chi connectivity index (χ0v) is 16.2. The Morgan fingerprint density at radius 1 is 1.11 bits per heavy atom. The second-order valence-electron chi connectivity index (χ2n) is 6.49. The highest BCUT2D eigenvalue weighted by molar-refractivity contribution is 7.92. The SMILES string of the molecule is CCCS(=O)(=O)Nc1cccc(C(=O)N2CCN(c3ccncc3)CC2)c1. The van der Waals surface area contributed by atoms with Crippen molar-refractivity contribution in [1.29, 1.82) is 0 Å². The molecule has 1 aliphatic rings. The van der Waals surface area contributed by atoms with Crippen molar-refractivity contribution >= 4 is 27.3 Å². The number of nitrogens with one attached hydrogen (secondary N) is 1. The summed E-state index contributed by atoms with van der Waals surface area (Å²) in [5.74, 6) is -0.0248. The average molecular weight is 388 g/mol. The summed E-state index contributed by atoms with van der Waals surface area (Å²) >= 11 is 0. The number of pyridine rings is 1. The van der Waals surface area contributed by atoms with Crippen molar-refractivity contribution in [2.75, 3.05) is 41.6 Å². The van der Waals surface area contributed by atoms with Crippen molar-refractivity contribution < 1.29 is 13.2 Å². The standard InChI is InChI=1S/C19H24N4O3S/c1-2-14-27(25,26)21-17-5-3-4-16(15-17)19(24)23-12-10-22(11-13-23)18-6-8-20-9-7-18/h3-9,15,21H,2,10-14H2,1H3. The molecular weight excluding hydrogens is 364 g/mol. The van der Waals surface area contributed by atoms with E-state index in [9.17, 15) is 13.2 Å². The lowest BCUT2D eigenvalue weighted by Crippen LogP contribution is -2.48. The molecule has 0 radical (unpaired) electrons. The lowest BCUT2D eigenvalue weighted by atomic mass is 10.1. The van der Waals surface area contributed by atoms with Crippen molar-refractivity contribution in [3.63, 3.8) is 0 Å². The van der Waals surface area contributed by atoms with Crippen LogP contribution in [0.1, 0.15) is 23.7 Å². The highest BCUT2D eigenvalue weighted by Gasteiger charge is 2.22. The predicted octanol–water partition coefficient (Wildman–Crippen LogP) is 2.20. The number of carbonyl (C=O) groups is 1. The van der Waals surface area contributed by atoms with Crippen LogP contribution in [0.3, 0.4) is 0 Å². The van der Waals surface area contributed by atoms with Crippen molar-refractivity contribution in [3.8, 4) is 0 Å². The Balaban J connectivity index is 1.64. The summed E-state index contributed by atoms with van der Waals surface area (Å²) in [7, 11) is -3.38. The van der Waals surface area contributed by atoms with Gasteiger partial charge in [-0.25, -0.2) is 8.42 Å². The minimum Gasteiger partial charge on any atom is -0.368 e. The van der Waals surface area contributed by atoms with Crippen LogP contribution < -0.4 is 9.62 Å². The van der Waals surface area contributed by atoms with E-state index in [4.69, 9.17) is 0 Å². The molecule has 0 unspecified atom stereocenters. The van der Waals surface area contributed by atoms with Gasteiger partial charge in [-0.3, -0.25) is 14.5 Å². The maximum Gasteiger partial charge on any atom is 0.254 e. The molecule has 0 saturated carbocycles. The quantitative estimate of drug-likeness (QED) is 0.820. The number of aromatic nitrogens is 1. The largest absolute Gasteiger partial charge is 0.368 e. The third-order valence-electron chi connectivity index (χ3n) is 4.45. The number of rotatable bonds is 6. The average Bonchev–Trinajstić information content (AvgIpc) is 2.68. The van der Waals surface area contributed by atoms with Gasteiger partial charge in [-0.2, -0.15) is 0 Å². The topological polar surface area (TPSA) is 82.6 Å². The van der Waals surface area contributed by atoms with E-state index >= 15 is 0 Å². The summed E-state index contributed by atoms with van der Waals surface area (Å²) in [6.45, 7) is 4.54. The molecule has 3 rings (SSSR count). The molecule has 0 spiro atoms. The fraction of sp³-hybridized carbons (Fsp3) is 0.368. The monoisotopic (exact) mass is 388 g/mol. The fourth-order valence-electron chi connectivity index (χ4n) is 3.12. The van der Waals surface area contributed by atoms with Gasteiger partial charge in [0.25, 0.3) is 5.91 Å². The van der Waals surface area contributed by atoms with E-state index < -0.39 is 10.0 Å². The second-order valence-corrected chi connectivity index (χ2v) is 8.33. The summed E-state index contributed by atoms with van der Waals surface area (Å²) in [6.07, 6.45) is 4.06. The van der Waals surface area contributed by atoms with E-state index in [1.807, 2.05) is 19.1 Å². The maximum atomic E-state index is 12.8. The molecule has 2 aromatic rings. The number of anilines is 2. The van der Waals surface area contributed by atoms with Crippen LogP contribution in [0.2, 0.25) is 0 Å². The first kappa shape index (κ1) is 19.2. The first-order chi connectivity index (χ1) is 13.0. The number of hydrogen-bond donors (Lipinski definition) is 1. The molecule has 7 nitrogen and oxygen atoms in total. The number of benzene rings is 1. The molecule has 1 saturated heterocycles. The van der Waals surface area contributed by atoms with Gasteiger partial charge in [0.15, 0.2) is 0 Å². The van der Waals surface area contributed by atoms with Crippen LogP contribution in [0.25, 0.3) is 0 Å². The molecular formula is C19H24N4O3S. The minimum atomic E-state index is -3.38. The summed E-state index contributed by atoms with van der Waals surface area (Å²) < 4.78 is 26.4. The minimum absolute atomic E-state index is 0.0577. The Bertz CT molecular complexity index is 879. The molecule has 27 heavy (non-hydrogen) atoms. The van der Waals surface area contributed by atoms with Gasteiger partial charge in [-0.05, 0) is 36.8 Å². The van der Waals surface area contributed by atoms with Crippen LogP contribution in [0.15, 0.2) is 48.8 Å². The van der Waals surface area contributed by atoms with Gasteiger partial charge in [-0.15, -0.1) is 0 Å². The molecule has 1 fully saturated rings. The summed E-state index contributed by atoms with van der Waals surface area (Å²) in [6, 6.07) is 10.6. The number of amides is 1. The molecule has 1 aromatic heterocycles. The van der Waals surface area contributed by atoms with Gasteiger partial charge in [0.05, 0.1) is 5.75 Å². The highest BCUT2D eigenvalue weighted by Crippen LogP contribution is 2.18. The van der Waals surface area contributed by atoms with Crippen molar-refractivity contribution in [2.24, 2.45) is 0 Å². The molecule has 1 aliphatic heterocycles. The van der Waals surface area contributed by atoms with Gasteiger partial charge in [0.2, 0.25) is 10.0 Å². The van der Waals surface area contributed by atoms with E-state index in [0.29, 0.717) is 30.8 Å². The predicted molar refractivity (Wildman–Crippen MR) is 106 cm³/mol. The number of sulfonamides is 1. The zero-order valence-electron chi connectivity index (χ0n) is 15.3. The molecule has 1 amide bonds. The molecule has 1 aromatic carbocycles. The maximum absolute atomic E-state index is 12.8. The smallest absolute Gasteiger partial charge is 0.254 e. The van der Waals surface area contributed by atoms with E-state index in [1.165, 1.54) is 0 Å². The van der Waals surface area contributed by atoms with Crippen LogP contribution in [-0.4, -0.2) is 56.1 Å². The molecule has 144 valence electrons. The Kier molecular flexibility index (Phi) is 5.95. The van der Waals surface area contributed by atoms with E-state index in [1.54, 1.807) is 41.6 Å². The van der Waals surface area contributed by atoms with Crippen molar-refractivity contribution in [3.05, 3.63) is 54.4 Å². The number of nitrogens with zero attached hydrogens (tertiary/aromatic N) is 3. The third kappa shape index (κ3) is 4.97. The van der Waals surface area contributed by atoms with Gasteiger partial charge in [0, 0.05) is 55.5 Å². The highest BCUT2D eigenvalue weighted by atomic mass is 32.2. The lowest BCUT2D eigenvalue weighted by Gasteiger charge is -2.36. The van der Waals surface area contributed by atoms with Crippen molar-refractivity contribution in [2.45, 2.75) is 13.3 Å². The molecule has 8 heteroatoms. The van der Waals surface area contributed by atoms with Crippen LogP contribution in [-0.2, 0) is 10.0 Å². The van der Waals surface area contributed by atoms with Gasteiger partial charge in [-0.1, -0.05) is 13.0 Å². The molecule has 2 heterocycles. The van der Waals surface area contributed by atoms with E-state index in [-0.39, 0.29) is 11.7 Å². The Labute approximate surface area is 160 Å². The third-order valence-corrected chi connectivity index (χ3v) is 5.94. The summed E-state index contributed by atoms with van der Waals surface area (Å²) in [5, 5.41) is 0. The zero-order chi connectivity index (χ0) is 19.3. The van der Waals surface area contributed by atoms with E-state index in [2.05, 4.69) is 14.6 Å². The molecule has 0 bridgehead atoms. The first-order valence-corrected chi connectivity index (χ1v) is 10.7. The molecule has 0 aliphatic carbocycles. The van der Waals surface area contributed by atoms with Gasteiger partial charge < -0.3 is 9.80 Å². The van der Waals surface area contributed by atoms with Crippen LogP contribution >= 0.6 is 0 Å². The first-order valence-electron chi connectivity index (χ1n) is 9.03. The Morgan fingerprint density at radius 3 is 2.48 bits per heavy atom. The fourth-order valence-corrected chi connectivity index (χ4v) is 4.25.